The summed E-state index contributed by atoms with van der Waals surface area (Å²) < 4.78 is 0. The number of rotatable bonds is 2. The summed E-state index contributed by atoms with van der Waals surface area (Å²) in [5.74, 6) is 0. The van der Waals surface area contributed by atoms with Gasteiger partial charge in [0.2, 0.25) is 0 Å². The number of hydrogen-bond donors (Lipinski definition) is 0. The third-order valence-corrected chi connectivity index (χ3v) is 3.62. The van der Waals surface area contributed by atoms with Crippen LogP contribution in [0.1, 0.15) is 25.0 Å². The minimum atomic E-state index is 0.472. The molecule has 0 aromatic carbocycles. The van der Waals surface area contributed by atoms with Crippen LogP contribution in [-0.4, -0.2) is 23.1 Å². The van der Waals surface area contributed by atoms with Crippen molar-refractivity contribution in [2.75, 3.05) is 18.0 Å². The Hall–Kier alpha value is -2.41. The molecule has 2 aromatic rings. The van der Waals surface area contributed by atoms with Gasteiger partial charge in [0.1, 0.15) is 11.8 Å². The summed E-state index contributed by atoms with van der Waals surface area (Å²) in [4.78, 5) is 10.8. The molecule has 1 saturated heterocycles. The molecule has 3 rings (SSSR count). The highest BCUT2D eigenvalue weighted by atomic mass is 15.1. The number of hydrogen-bond acceptors (Lipinski definition) is 4. The number of anilines is 1. The van der Waals surface area contributed by atoms with Crippen molar-refractivity contribution in [2.45, 2.75) is 19.3 Å². The van der Waals surface area contributed by atoms with Crippen LogP contribution in [0.5, 0.6) is 0 Å². The molecule has 4 nitrogen and oxygen atoms in total. The van der Waals surface area contributed by atoms with Crippen LogP contribution in [0.15, 0.2) is 36.7 Å². The molecular formula is C16H16N4. The van der Waals surface area contributed by atoms with Crippen LogP contribution in [0.2, 0.25) is 0 Å². The van der Waals surface area contributed by atoms with Crippen molar-refractivity contribution in [3.05, 3.63) is 42.4 Å². The van der Waals surface area contributed by atoms with Crippen molar-refractivity contribution in [1.29, 1.82) is 5.26 Å². The predicted octanol–water partition coefficient (Wildman–Crippen LogP) is 3.01. The second-order valence-electron chi connectivity index (χ2n) is 4.99. The standard InChI is InChI=1S/C16H16N4/c17-12-14-10-15(20-8-2-1-3-9-20)11-16(19-14)13-4-6-18-7-5-13/h4-7,10-11H,1-3,8-9H2. The van der Waals surface area contributed by atoms with Crippen LogP contribution in [0.3, 0.4) is 0 Å². The van der Waals surface area contributed by atoms with Gasteiger partial charge in [-0.25, -0.2) is 4.98 Å². The van der Waals surface area contributed by atoms with E-state index in [0.717, 1.165) is 30.0 Å². The fourth-order valence-corrected chi connectivity index (χ4v) is 2.58. The molecule has 2 aromatic heterocycles. The Morgan fingerprint density at radius 1 is 1.05 bits per heavy atom. The highest BCUT2D eigenvalue weighted by molar-refractivity contribution is 5.66. The summed E-state index contributed by atoms with van der Waals surface area (Å²) >= 11 is 0. The van der Waals surface area contributed by atoms with Crippen LogP contribution >= 0.6 is 0 Å². The number of aromatic nitrogens is 2. The second kappa shape index (κ2) is 5.70. The molecule has 1 fully saturated rings. The largest absolute Gasteiger partial charge is 0.371 e. The molecular weight excluding hydrogens is 248 g/mol. The highest BCUT2D eigenvalue weighted by Gasteiger charge is 2.13. The fraction of sp³-hybridized carbons (Fsp3) is 0.312. The smallest absolute Gasteiger partial charge is 0.143 e. The van der Waals surface area contributed by atoms with Crippen molar-refractivity contribution in [3.63, 3.8) is 0 Å². The third kappa shape index (κ3) is 2.62. The van der Waals surface area contributed by atoms with Gasteiger partial charge in [-0.15, -0.1) is 0 Å². The molecule has 0 aliphatic carbocycles. The molecule has 3 heterocycles. The van der Waals surface area contributed by atoms with Crippen molar-refractivity contribution in [2.24, 2.45) is 0 Å². The highest BCUT2D eigenvalue weighted by Crippen LogP contribution is 2.26. The van der Waals surface area contributed by atoms with Crippen molar-refractivity contribution in [1.82, 2.24) is 9.97 Å². The molecule has 0 amide bonds. The van der Waals surface area contributed by atoms with Crippen molar-refractivity contribution >= 4 is 5.69 Å². The van der Waals surface area contributed by atoms with Crippen molar-refractivity contribution in [3.8, 4) is 17.3 Å². The van der Waals surface area contributed by atoms with Gasteiger partial charge in [-0.05, 0) is 43.5 Å². The summed E-state index contributed by atoms with van der Waals surface area (Å²) in [5, 5.41) is 9.19. The van der Waals surface area contributed by atoms with E-state index in [9.17, 15) is 5.26 Å². The summed E-state index contributed by atoms with van der Waals surface area (Å²) in [6.45, 7) is 2.12. The molecule has 1 aliphatic rings. The molecule has 0 atom stereocenters. The molecule has 100 valence electrons. The molecule has 0 unspecified atom stereocenters. The van der Waals surface area contributed by atoms with Gasteiger partial charge in [0.25, 0.3) is 0 Å². The van der Waals surface area contributed by atoms with E-state index in [2.05, 4.69) is 27.0 Å². The van der Waals surface area contributed by atoms with Gasteiger partial charge in [-0.2, -0.15) is 5.26 Å². The summed E-state index contributed by atoms with van der Waals surface area (Å²) in [5.41, 5.74) is 3.41. The Morgan fingerprint density at radius 3 is 2.50 bits per heavy atom. The van der Waals surface area contributed by atoms with Crippen LogP contribution in [-0.2, 0) is 0 Å². The fourth-order valence-electron chi connectivity index (χ4n) is 2.58. The molecule has 0 saturated carbocycles. The van der Waals surface area contributed by atoms with E-state index in [4.69, 9.17) is 0 Å². The molecule has 0 spiro atoms. The number of nitrogens with zero attached hydrogens (tertiary/aromatic N) is 4. The van der Waals surface area contributed by atoms with E-state index >= 15 is 0 Å². The average molecular weight is 264 g/mol. The SMILES string of the molecule is N#Cc1cc(N2CCCCC2)cc(-c2ccncc2)n1. The first-order valence-electron chi connectivity index (χ1n) is 6.94. The maximum atomic E-state index is 9.19. The average Bonchev–Trinajstić information content (AvgIpc) is 2.56. The van der Waals surface area contributed by atoms with E-state index < -0.39 is 0 Å². The van der Waals surface area contributed by atoms with Gasteiger partial charge in [-0.1, -0.05) is 0 Å². The van der Waals surface area contributed by atoms with Crippen molar-refractivity contribution < 1.29 is 0 Å². The van der Waals surface area contributed by atoms with Gasteiger partial charge in [-0.3, -0.25) is 4.98 Å². The van der Waals surface area contributed by atoms with E-state index in [0.29, 0.717) is 5.69 Å². The van der Waals surface area contributed by atoms with Crippen LogP contribution in [0, 0.1) is 11.3 Å². The maximum Gasteiger partial charge on any atom is 0.143 e. The topological polar surface area (TPSA) is 52.8 Å². The zero-order chi connectivity index (χ0) is 13.8. The van der Waals surface area contributed by atoms with E-state index in [-0.39, 0.29) is 0 Å². The quantitative estimate of drug-likeness (QED) is 0.836. The Kier molecular flexibility index (Phi) is 3.60. The molecule has 20 heavy (non-hydrogen) atoms. The zero-order valence-electron chi connectivity index (χ0n) is 11.3. The molecule has 4 heteroatoms. The summed E-state index contributed by atoms with van der Waals surface area (Å²) in [6, 6.07) is 9.96. The Morgan fingerprint density at radius 2 is 1.80 bits per heavy atom. The number of pyridine rings is 2. The third-order valence-electron chi connectivity index (χ3n) is 3.62. The Balaban J connectivity index is 2.01. The lowest BCUT2D eigenvalue weighted by Gasteiger charge is -2.29. The molecule has 0 bridgehead atoms. The van der Waals surface area contributed by atoms with Crippen LogP contribution in [0.25, 0.3) is 11.3 Å². The Labute approximate surface area is 118 Å². The summed E-state index contributed by atoms with van der Waals surface area (Å²) in [7, 11) is 0. The first kappa shape index (κ1) is 12.6. The van der Waals surface area contributed by atoms with Gasteiger partial charge in [0.05, 0.1) is 5.69 Å². The number of nitriles is 1. The van der Waals surface area contributed by atoms with Gasteiger partial charge in [0, 0.05) is 36.7 Å². The number of piperidine rings is 1. The first-order valence-corrected chi connectivity index (χ1v) is 6.94. The predicted molar refractivity (Wildman–Crippen MR) is 78.2 cm³/mol. The van der Waals surface area contributed by atoms with E-state index in [1.807, 2.05) is 18.2 Å². The van der Waals surface area contributed by atoms with Gasteiger partial charge < -0.3 is 4.90 Å². The lowest BCUT2D eigenvalue weighted by molar-refractivity contribution is 0.577. The Bertz CT molecular complexity index is 625. The van der Waals surface area contributed by atoms with E-state index in [1.165, 1.54) is 19.3 Å². The zero-order valence-corrected chi connectivity index (χ0v) is 11.3. The molecule has 1 aliphatic heterocycles. The van der Waals surface area contributed by atoms with Crippen LogP contribution < -0.4 is 4.90 Å². The monoisotopic (exact) mass is 264 g/mol. The first-order chi connectivity index (χ1) is 9.86. The molecule has 0 N–H and O–H groups in total. The molecule has 0 radical (unpaired) electrons. The normalized spacial score (nSPS) is 14.8. The van der Waals surface area contributed by atoms with Gasteiger partial charge >= 0.3 is 0 Å². The lowest BCUT2D eigenvalue weighted by Crippen LogP contribution is -2.29. The van der Waals surface area contributed by atoms with Crippen LogP contribution in [0.4, 0.5) is 5.69 Å². The lowest BCUT2D eigenvalue weighted by atomic mass is 10.1. The van der Waals surface area contributed by atoms with Gasteiger partial charge in [0.15, 0.2) is 0 Å². The van der Waals surface area contributed by atoms with E-state index in [1.54, 1.807) is 12.4 Å². The minimum absolute atomic E-state index is 0.472. The second-order valence-corrected chi connectivity index (χ2v) is 4.99. The summed E-state index contributed by atoms with van der Waals surface area (Å²) in [6.07, 6.45) is 7.22. The minimum Gasteiger partial charge on any atom is -0.371 e. The maximum absolute atomic E-state index is 9.19.